The van der Waals surface area contributed by atoms with Gasteiger partial charge in [0.1, 0.15) is 0 Å². The van der Waals surface area contributed by atoms with Gasteiger partial charge >= 0.3 is 0 Å². The molecule has 0 spiro atoms. The number of aliphatic hydroxyl groups is 1. The molecular formula is C17H28O3. The van der Waals surface area contributed by atoms with Crippen LogP contribution in [0, 0.1) is 0 Å². The molecule has 0 bridgehead atoms. The third kappa shape index (κ3) is 5.41. The molecule has 1 unspecified atom stereocenters. The lowest BCUT2D eigenvalue weighted by molar-refractivity contribution is 0.0484. The molecule has 20 heavy (non-hydrogen) atoms. The van der Waals surface area contributed by atoms with Gasteiger partial charge in [-0.2, -0.15) is 0 Å². The molecule has 114 valence electrons. The minimum atomic E-state index is -0.659. The summed E-state index contributed by atoms with van der Waals surface area (Å²) < 4.78 is 10.5. The molecule has 0 fully saturated rings. The average Bonchev–Trinajstić information content (AvgIpc) is 2.43. The number of benzene rings is 1. The van der Waals surface area contributed by atoms with E-state index in [4.69, 9.17) is 9.47 Å². The minimum Gasteiger partial charge on any atom is -0.493 e. The van der Waals surface area contributed by atoms with Crippen molar-refractivity contribution in [2.24, 2.45) is 0 Å². The summed E-state index contributed by atoms with van der Waals surface area (Å²) in [5.41, 5.74) is 0.413. The Morgan fingerprint density at radius 2 is 1.75 bits per heavy atom. The van der Waals surface area contributed by atoms with Gasteiger partial charge in [0.2, 0.25) is 0 Å². The van der Waals surface area contributed by atoms with E-state index in [0.717, 1.165) is 24.2 Å². The van der Waals surface area contributed by atoms with Crippen LogP contribution in [0.3, 0.4) is 0 Å². The number of rotatable bonds is 9. The SMILES string of the molecule is CCCCCCC(C)(O)Cc1ccc(OC)c(OC)c1. The number of hydrogen-bond acceptors (Lipinski definition) is 3. The van der Waals surface area contributed by atoms with E-state index in [1.54, 1.807) is 14.2 Å². The van der Waals surface area contributed by atoms with Crippen molar-refractivity contribution in [1.82, 2.24) is 0 Å². The average molecular weight is 280 g/mol. The maximum Gasteiger partial charge on any atom is 0.160 e. The van der Waals surface area contributed by atoms with Crippen molar-refractivity contribution in [2.45, 2.75) is 58.0 Å². The molecule has 1 N–H and O–H groups in total. The Morgan fingerprint density at radius 1 is 1.05 bits per heavy atom. The largest absolute Gasteiger partial charge is 0.493 e. The van der Waals surface area contributed by atoms with E-state index in [-0.39, 0.29) is 0 Å². The maximum atomic E-state index is 10.5. The second kappa shape index (κ2) is 8.15. The van der Waals surface area contributed by atoms with Crippen molar-refractivity contribution in [2.75, 3.05) is 14.2 Å². The molecule has 0 aliphatic heterocycles. The van der Waals surface area contributed by atoms with E-state index in [1.165, 1.54) is 19.3 Å². The molecule has 0 radical (unpaired) electrons. The molecule has 0 aliphatic carbocycles. The Morgan fingerprint density at radius 3 is 2.35 bits per heavy atom. The van der Waals surface area contributed by atoms with Gasteiger partial charge in [0.25, 0.3) is 0 Å². The smallest absolute Gasteiger partial charge is 0.160 e. The predicted molar refractivity (Wildman–Crippen MR) is 82.6 cm³/mol. The lowest BCUT2D eigenvalue weighted by atomic mass is 9.90. The number of unbranched alkanes of at least 4 members (excludes halogenated alkanes) is 3. The van der Waals surface area contributed by atoms with E-state index in [0.29, 0.717) is 12.2 Å². The quantitative estimate of drug-likeness (QED) is 0.696. The van der Waals surface area contributed by atoms with E-state index >= 15 is 0 Å². The molecule has 0 aliphatic rings. The highest BCUT2D eigenvalue weighted by molar-refractivity contribution is 5.43. The van der Waals surface area contributed by atoms with Gasteiger partial charge in [-0.25, -0.2) is 0 Å². The van der Waals surface area contributed by atoms with Crippen LogP contribution in [0.25, 0.3) is 0 Å². The van der Waals surface area contributed by atoms with Crippen LogP contribution >= 0.6 is 0 Å². The highest BCUT2D eigenvalue weighted by Gasteiger charge is 2.21. The molecule has 1 atom stereocenters. The minimum absolute atomic E-state index is 0.638. The van der Waals surface area contributed by atoms with E-state index in [9.17, 15) is 5.11 Å². The van der Waals surface area contributed by atoms with Gasteiger partial charge in [-0.05, 0) is 31.0 Å². The first kappa shape index (κ1) is 16.8. The van der Waals surface area contributed by atoms with Gasteiger partial charge < -0.3 is 14.6 Å². The summed E-state index contributed by atoms with van der Waals surface area (Å²) >= 11 is 0. The summed E-state index contributed by atoms with van der Waals surface area (Å²) in [4.78, 5) is 0. The fourth-order valence-electron chi connectivity index (χ4n) is 2.45. The van der Waals surface area contributed by atoms with Crippen molar-refractivity contribution in [3.8, 4) is 11.5 Å². The Kier molecular flexibility index (Phi) is 6.86. The van der Waals surface area contributed by atoms with Crippen molar-refractivity contribution < 1.29 is 14.6 Å². The summed E-state index contributed by atoms with van der Waals surface area (Å²) in [5.74, 6) is 1.44. The van der Waals surface area contributed by atoms with Crippen molar-refractivity contribution in [1.29, 1.82) is 0 Å². The summed E-state index contributed by atoms with van der Waals surface area (Å²) in [6, 6.07) is 5.82. The first-order chi connectivity index (χ1) is 9.52. The molecule has 1 rings (SSSR count). The molecule has 0 heterocycles. The van der Waals surface area contributed by atoms with Gasteiger partial charge in [0.15, 0.2) is 11.5 Å². The van der Waals surface area contributed by atoms with E-state index in [2.05, 4.69) is 6.92 Å². The Hall–Kier alpha value is -1.22. The molecule has 3 nitrogen and oxygen atoms in total. The molecule has 1 aromatic rings. The zero-order chi connectivity index (χ0) is 15.0. The van der Waals surface area contributed by atoms with Gasteiger partial charge in [-0.15, -0.1) is 0 Å². The van der Waals surface area contributed by atoms with Crippen LogP contribution in [0.4, 0.5) is 0 Å². The molecule has 0 saturated heterocycles. The standard InChI is InChI=1S/C17H28O3/c1-5-6-7-8-11-17(2,18)13-14-9-10-15(19-3)16(12-14)20-4/h9-10,12,18H,5-8,11,13H2,1-4H3. The highest BCUT2D eigenvalue weighted by atomic mass is 16.5. The Labute approximate surface area is 122 Å². The summed E-state index contributed by atoms with van der Waals surface area (Å²) in [5, 5.41) is 10.5. The first-order valence-electron chi connectivity index (χ1n) is 7.45. The van der Waals surface area contributed by atoms with Crippen molar-refractivity contribution in [3.05, 3.63) is 23.8 Å². The number of ether oxygens (including phenoxy) is 2. The fourth-order valence-corrected chi connectivity index (χ4v) is 2.45. The monoisotopic (exact) mass is 280 g/mol. The Balaban J connectivity index is 2.62. The molecule has 3 heteroatoms. The fraction of sp³-hybridized carbons (Fsp3) is 0.647. The first-order valence-corrected chi connectivity index (χ1v) is 7.45. The third-order valence-electron chi connectivity index (χ3n) is 3.60. The van der Waals surface area contributed by atoms with E-state index in [1.807, 2.05) is 25.1 Å². The van der Waals surface area contributed by atoms with Crippen LogP contribution in [0.1, 0.15) is 51.5 Å². The van der Waals surface area contributed by atoms with Gasteiger partial charge in [0, 0.05) is 6.42 Å². The van der Waals surface area contributed by atoms with Crippen LogP contribution < -0.4 is 9.47 Å². The van der Waals surface area contributed by atoms with Gasteiger partial charge in [-0.1, -0.05) is 38.7 Å². The second-order valence-corrected chi connectivity index (χ2v) is 5.67. The topological polar surface area (TPSA) is 38.7 Å². The normalized spacial score (nSPS) is 13.8. The second-order valence-electron chi connectivity index (χ2n) is 5.67. The number of hydrogen-bond donors (Lipinski definition) is 1. The summed E-state index contributed by atoms with van der Waals surface area (Å²) in [6.45, 7) is 4.11. The lowest BCUT2D eigenvalue weighted by Gasteiger charge is -2.24. The molecule has 1 aromatic carbocycles. The summed E-state index contributed by atoms with van der Waals surface area (Å²) in [6.07, 6.45) is 6.21. The van der Waals surface area contributed by atoms with Crippen LogP contribution in [-0.2, 0) is 6.42 Å². The van der Waals surface area contributed by atoms with Crippen LogP contribution in [0.5, 0.6) is 11.5 Å². The van der Waals surface area contributed by atoms with Crippen LogP contribution in [-0.4, -0.2) is 24.9 Å². The highest BCUT2D eigenvalue weighted by Crippen LogP contribution is 2.30. The predicted octanol–water partition coefficient (Wildman–Crippen LogP) is 3.97. The number of methoxy groups -OCH3 is 2. The summed E-state index contributed by atoms with van der Waals surface area (Å²) in [7, 11) is 3.26. The maximum absolute atomic E-state index is 10.5. The zero-order valence-electron chi connectivity index (χ0n) is 13.2. The molecule has 0 saturated carbocycles. The van der Waals surface area contributed by atoms with E-state index < -0.39 is 5.60 Å². The van der Waals surface area contributed by atoms with Gasteiger partial charge in [-0.3, -0.25) is 0 Å². The van der Waals surface area contributed by atoms with Gasteiger partial charge in [0.05, 0.1) is 19.8 Å². The molecular weight excluding hydrogens is 252 g/mol. The molecule has 0 aromatic heterocycles. The lowest BCUT2D eigenvalue weighted by Crippen LogP contribution is -2.27. The van der Waals surface area contributed by atoms with Crippen molar-refractivity contribution in [3.63, 3.8) is 0 Å². The van der Waals surface area contributed by atoms with Crippen LogP contribution in [0.2, 0.25) is 0 Å². The Bertz CT molecular complexity index is 399. The van der Waals surface area contributed by atoms with Crippen LogP contribution in [0.15, 0.2) is 18.2 Å². The molecule has 0 amide bonds. The third-order valence-corrected chi connectivity index (χ3v) is 3.60. The van der Waals surface area contributed by atoms with Crippen molar-refractivity contribution >= 4 is 0 Å². The zero-order valence-corrected chi connectivity index (χ0v) is 13.2.